The molecule has 25 heavy (non-hydrogen) atoms. The average Bonchev–Trinajstić information content (AvgIpc) is 3.08. The van der Waals surface area contributed by atoms with Crippen LogP contribution in [0.15, 0.2) is 33.8 Å². The lowest BCUT2D eigenvalue weighted by Crippen LogP contribution is -2.41. The minimum Gasteiger partial charge on any atom is -0.464 e. The first-order chi connectivity index (χ1) is 11.9. The molecule has 1 aliphatic rings. The molecule has 0 amide bonds. The molecule has 0 unspecified atom stereocenters. The van der Waals surface area contributed by atoms with E-state index in [-0.39, 0.29) is 37.9 Å². The van der Waals surface area contributed by atoms with Gasteiger partial charge in [-0.05, 0) is 19.1 Å². The van der Waals surface area contributed by atoms with Gasteiger partial charge in [-0.2, -0.15) is 4.31 Å². The van der Waals surface area contributed by atoms with Crippen LogP contribution < -0.4 is 0 Å². The molecule has 8 nitrogen and oxygen atoms in total. The summed E-state index contributed by atoms with van der Waals surface area (Å²) in [6, 6.07) is 7.17. The second-order valence-corrected chi connectivity index (χ2v) is 7.37. The lowest BCUT2D eigenvalue weighted by atomic mass is 10.1. The van der Waals surface area contributed by atoms with Crippen LogP contribution in [0.2, 0.25) is 0 Å². The van der Waals surface area contributed by atoms with Gasteiger partial charge >= 0.3 is 5.97 Å². The van der Waals surface area contributed by atoms with E-state index >= 15 is 0 Å². The van der Waals surface area contributed by atoms with Crippen LogP contribution in [0, 0.1) is 6.92 Å². The molecule has 0 spiro atoms. The van der Waals surface area contributed by atoms with Crippen LogP contribution in [-0.2, 0) is 19.5 Å². The maximum absolute atomic E-state index is 12.9. The number of aryl methyl sites for hydroxylation is 1. The Labute approximate surface area is 145 Å². The first-order valence-electron chi connectivity index (χ1n) is 7.67. The molecule has 1 saturated heterocycles. The van der Waals surface area contributed by atoms with E-state index in [9.17, 15) is 13.2 Å². The molecule has 0 saturated carbocycles. The molecule has 0 N–H and O–H groups in total. The highest BCUT2D eigenvalue weighted by Gasteiger charge is 2.36. The van der Waals surface area contributed by atoms with Crippen LogP contribution >= 0.6 is 0 Å². The molecule has 1 aliphatic heterocycles. The molecule has 3 rings (SSSR count). The first kappa shape index (κ1) is 17.6. The first-order valence-corrected chi connectivity index (χ1v) is 9.11. The number of ether oxygens (including phenoxy) is 2. The highest BCUT2D eigenvalue weighted by atomic mass is 32.2. The van der Waals surface area contributed by atoms with Crippen molar-refractivity contribution in [1.29, 1.82) is 0 Å². The summed E-state index contributed by atoms with van der Waals surface area (Å²) in [5, 5.41) is -0.503. The largest absolute Gasteiger partial charge is 0.464 e. The molecule has 134 valence electrons. The Bertz CT molecular complexity index is 867. The van der Waals surface area contributed by atoms with Crippen molar-refractivity contribution >= 4 is 16.0 Å². The Morgan fingerprint density at radius 3 is 2.44 bits per heavy atom. The summed E-state index contributed by atoms with van der Waals surface area (Å²) in [7, 11) is -2.86. The van der Waals surface area contributed by atoms with Crippen molar-refractivity contribution in [3.63, 3.8) is 0 Å². The van der Waals surface area contributed by atoms with Gasteiger partial charge in [0.2, 0.25) is 11.6 Å². The van der Waals surface area contributed by atoms with E-state index in [2.05, 4.69) is 9.72 Å². The predicted molar refractivity (Wildman–Crippen MR) is 87.6 cm³/mol. The monoisotopic (exact) mass is 366 g/mol. The minimum absolute atomic E-state index is 0.0484. The summed E-state index contributed by atoms with van der Waals surface area (Å²) >= 11 is 0. The number of sulfonamides is 1. The van der Waals surface area contributed by atoms with Gasteiger partial charge in [0.1, 0.15) is 0 Å². The van der Waals surface area contributed by atoms with Crippen molar-refractivity contribution in [3.05, 3.63) is 35.5 Å². The smallest absolute Gasteiger partial charge is 0.361 e. The molecule has 0 atom stereocenters. The van der Waals surface area contributed by atoms with E-state index in [1.54, 1.807) is 12.1 Å². The highest BCUT2D eigenvalue weighted by molar-refractivity contribution is 7.89. The molecule has 1 fully saturated rings. The topological polar surface area (TPSA) is 98.9 Å². The number of benzene rings is 1. The maximum Gasteiger partial charge on any atom is 0.361 e. The number of hydrogen-bond acceptors (Lipinski definition) is 7. The number of methoxy groups -OCH3 is 1. The van der Waals surface area contributed by atoms with E-state index in [0.29, 0.717) is 5.56 Å². The molecular weight excluding hydrogens is 348 g/mol. The molecule has 1 aromatic heterocycles. The van der Waals surface area contributed by atoms with Gasteiger partial charge < -0.3 is 13.9 Å². The van der Waals surface area contributed by atoms with Gasteiger partial charge in [-0.15, -0.1) is 0 Å². The summed E-state index contributed by atoms with van der Waals surface area (Å²) in [5.74, 6) is -0.818. The van der Waals surface area contributed by atoms with E-state index in [1.165, 1.54) is 4.31 Å². The summed E-state index contributed by atoms with van der Waals surface area (Å²) in [6.45, 7) is 2.86. The van der Waals surface area contributed by atoms with Crippen molar-refractivity contribution in [2.75, 3.05) is 33.4 Å². The summed E-state index contributed by atoms with van der Waals surface area (Å²) in [5.41, 5.74) is 1.24. The van der Waals surface area contributed by atoms with Crippen LogP contribution in [0.3, 0.4) is 0 Å². The number of carbonyl (C=O) groups excluding carboxylic acids is 1. The van der Waals surface area contributed by atoms with Gasteiger partial charge in [0.15, 0.2) is 0 Å². The van der Waals surface area contributed by atoms with Crippen LogP contribution in [0.1, 0.15) is 16.1 Å². The molecular formula is C16H18N2O6S. The number of nitrogens with zero attached hydrogens (tertiary/aromatic N) is 2. The van der Waals surface area contributed by atoms with Gasteiger partial charge in [-0.1, -0.05) is 17.7 Å². The second-order valence-electron chi connectivity index (χ2n) is 5.53. The van der Waals surface area contributed by atoms with Gasteiger partial charge in [-0.25, -0.2) is 18.2 Å². The molecule has 0 aliphatic carbocycles. The highest BCUT2D eigenvalue weighted by Crippen LogP contribution is 2.28. The average molecular weight is 366 g/mol. The van der Waals surface area contributed by atoms with E-state index in [0.717, 1.165) is 12.7 Å². The van der Waals surface area contributed by atoms with Gasteiger partial charge in [0.25, 0.3) is 15.1 Å². The zero-order chi connectivity index (χ0) is 18.0. The lowest BCUT2D eigenvalue weighted by Gasteiger charge is -2.24. The fourth-order valence-corrected chi connectivity index (χ4v) is 3.85. The number of carbonyl (C=O) groups is 1. The zero-order valence-corrected chi connectivity index (χ0v) is 14.7. The molecule has 2 aromatic rings. The van der Waals surface area contributed by atoms with Crippen molar-refractivity contribution < 1.29 is 27.1 Å². The molecule has 0 bridgehead atoms. The summed E-state index contributed by atoms with van der Waals surface area (Å²) in [6.07, 6.45) is 0. The third kappa shape index (κ3) is 3.44. The number of aromatic nitrogens is 1. The van der Waals surface area contributed by atoms with Crippen LogP contribution in [0.25, 0.3) is 11.5 Å². The number of morpholine rings is 1. The maximum atomic E-state index is 12.9. The Kier molecular flexibility index (Phi) is 4.89. The molecule has 0 radical (unpaired) electrons. The summed E-state index contributed by atoms with van der Waals surface area (Å²) < 4.78 is 42.3. The minimum atomic E-state index is -4.02. The second kappa shape index (κ2) is 6.95. The third-order valence-electron chi connectivity index (χ3n) is 3.82. The van der Waals surface area contributed by atoms with E-state index in [4.69, 9.17) is 9.15 Å². The number of esters is 1. The van der Waals surface area contributed by atoms with E-state index in [1.807, 2.05) is 19.1 Å². The van der Waals surface area contributed by atoms with Crippen LogP contribution in [-0.4, -0.2) is 57.1 Å². The number of hydrogen-bond donors (Lipinski definition) is 0. The zero-order valence-electron chi connectivity index (χ0n) is 13.9. The Morgan fingerprint density at radius 2 is 1.84 bits per heavy atom. The lowest BCUT2D eigenvalue weighted by molar-refractivity contribution is 0.0585. The number of rotatable bonds is 4. The fourth-order valence-electron chi connectivity index (χ4n) is 2.43. The van der Waals surface area contributed by atoms with Crippen molar-refractivity contribution in [3.8, 4) is 11.5 Å². The Morgan fingerprint density at radius 1 is 1.20 bits per heavy atom. The SMILES string of the molecule is COC(=O)c1nc(-c2ccc(C)cc2)oc1S(=O)(=O)N1CCOCC1. The molecule has 1 aromatic carbocycles. The standard InChI is InChI=1S/C16H18N2O6S/c1-11-3-5-12(6-4-11)14-17-13(15(19)22-2)16(24-14)25(20,21)18-7-9-23-10-8-18/h3-6H,7-10H2,1-2H3. The van der Waals surface area contributed by atoms with Crippen LogP contribution in [0.5, 0.6) is 0 Å². The number of oxazole rings is 1. The van der Waals surface area contributed by atoms with Crippen molar-refractivity contribution in [2.45, 2.75) is 12.0 Å². The molecule has 2 heterocycles. The predicted octanol–water partition coefficient (Wildman–Crippen LogP) is 1.46. The third-order valence-corrected chi connectivity index (χ3v) is 5.61. The Hall–Kier alpha value is -2.23. The Balaban J connectivity index is 2.08. The summed E-state index contributed by atoms with van der Waals surface area (Å²) in [4.78, 5) is 16.1. The van der Waals surface area contributed by atoms with E-state index < -0.39 is 21.1 Å². The van der Waals surface area contributed by atoms with Crippen LogP contribution in [0.4, 0.5) is 0 Å². The molecule has 9 heteroatoms. The van der Waals surface area contributed by atoms with Crippen molar-refractivity contribution in [2.24, 2.45) is 0 Å². The van der Waals surface area contributed by atoms with Gasteiger partial charge in [0.05, 0.1) is 20.3 Å². The quantitative estimate of drug-likeness (QED) is 0.755. The van der Waals surface area contributed by atoms with Gasteiger partial charge in [0, 0.05) is 18.7 Å². The van der Waals surface area contributed by atoms with Gasteiger partial charge in [-0.3, -0.25) is 0 Å². The van der Waals surface area contributed by atoms with Crippen molar-refractivity contribution in [1.82, 2.24) is 9.29 Å². The fraction of sp³-hybridized carbons (Fsp3) is 0.375. The normalized spacial score (nSPS) is 15.9.